The molecule has 0 spiro atoms. The molecule has 5 fully saturated rings. The smallest absolute Gasteiger partial charge is 0.246 e. The lowest BCUT2D eigenvalue weighted by molar-refractivity contribution is -0.174. The fourth-order valence-corrected chi connectivity index (χ4v) is 11.5. The number of benzene rings is 1. The van der Waals surface area contributed by atoms with Crippen molar-refractivity contribution in [3.8, 4) is 17.2 Å². The minimum atomic E-state index is -0.260. The van der Waals surface area contributed by atoms with E-state index in [2.05, 4.69) is 20.8 Å². The van der Waals surface area contributed by atoms with Crippen molar-refractivity contribution >= 4 is 17.9 Å². The molecule has 10 atom stereocenters. The number of carbonyl (C=O) groups is 2. The second-order valence-corrected chi connectivity index (χ2v) is 16.5. The number of rotatable bonds is 9. The third-order valence-corrected chi connectivity index (χ3v) is 14.3. The summed E-state index contributed by atoms with van der Waals surface area (Å²) < 4.78 is 16.2. The van der Waals surface area contributed by atoms with Crippen molar-refractivity contribution in [2.45, 2.75) is 97.2 Å². The highest BCUT2D eigenvalue weighted by molar-refractivity contribution is 5.92. The van der Waals surface area contributed by atoms with E-state index in [0.717, 1.165) is 37.7 Å². The van der Waals surface area contributed by atoms with E-state index in [1.165, 1.54) is 25.7 Å². The van der Waals surface area contributed by atoms with Gasteiger partial charge in [0, 0.05) is 38.7 Å². The Kier molecular flexibility index (Phi) is 10.6. The number of carbonyl (C=O) groups excluding carboxylic acids is 2. The van der Waals surface area contributed by atoms with Crippen LogP contribution in [-0.2, 0) is 9.59 Å². The standard InChI is InChI=1S/C40H60N2O7/c1-25(29-9-10-30-37-31(14-16-40(29,30)3)39(2)15-13-28(43)23-27(39)24-32(37)44)7-11-35(45)41-17-19-42(20-18-41)36(46)12-8-26-21-33(47-4)38(49-6)34(22-26)48-5/h8,12,21-22,25,27-32,37,43-44H,7,9-11,13-20,23-24H2,1-6H3/b12-8-/t25-,27+,28-,29-,30+,31+,32+,37+,39+,40-/m1/s1. The molecule has 272 valence electrons. The number of amides is 2. The van der Waals surface area contributed by atoms with Crippen LogP contribution in [0.15, 0.2) is 18.2 Å². The van der Waals surface area contributed by atoms with Crippen LogP contribution in [0, 0.1) is 46.3 Å². The number of nitrogens with zero attached hydrogens (tertiary/aromatic N) is 2. The molecule has 4 saturated carbocycles. The van der Waals surface area contributed by atoms with E-state index >= 15 is 0 Å². The van der Waals surface area contributed by atoms with Gasteiger partial charge in [-0.1, -0.05) is 20.8 Å². The zero-order chi connectivity index (χ0) is 35.1. The Morgan fingerprint density at radius 2 is 1.51 bits per heavy atom. The van der Waals surface area contributed by atoms with Gasteiger partial charge in [0.15, 0.2) is 11.5 Å². The first-order valence-electron chi connectivity index (χ1n) is 18.8. The SMILES string of the molecule is COc1cc(/C=C\C(=O)N2CCN(C(=O)CC[C@@H](C)[C@H]3CC[C@H]4[C@@H]5[C@@H](O)C[C@@H]6C[C@H](O)CC[C@]6(C)[C@H]5CC[C@]34C)CC2)cc(OC)c1OC. The Morgan fingerprint density at radius 3 is 2.16 bits per heavy atom. The van der Waals surface area contributed by atoms with E-state index in [4.69, 9.17) is 14.2 Å². The van der Waals surface area contributed by atoms with Crippen molar-refractivity contribution in [2.75, 3.05) is 47.5 Å². The number of fused-ring (bicyclic) bond motifs is 5. The number of aliphatic hydroxyl groups is 2. The lowest BCUT2D eigenvalue weighted by Crippen LogP contribution is -2.58. The molecule has 0 radical (unpaired) electrons. The third kappa shape index (κ3) is 6.71. The van der Waals surface area contributed by atoms with Gasteiger partial charge in [0.1, 0.15) is 0 Å². The fraction of sp³-hybridized carbons (Fsp3) is 0.750. The molecular formula is C40H60N2O7. The highest BCUT2D eigenvalue weighted by Gasteiger charge is 2.62. The van der Waals surface area contributed by atoms with Crippen LogP contribution >= 0.6 is 0 Å². The maximum atomic E-state index is 13.4. The maximum Gasteiger partial charge on any atom is 0.246 e. The van der Waals surface area contributed by atoms with Crippen molar-refractivity contribution in [1.82, 2.24) is 9.80 Å². The topological polar surface area (TPSA) is 109 Å². The summed E-state index contributed by atoms with van der Waals surface area (Å²) in [6, 6.07) is 3.61. The molecule has 0 unspecified atom stereocenters. The lowest BCUT2D eigenvalue weighted by Gasteiger charge is -2.62. The van der Waals surface area contributed by atoms with Gasteiger partial charge in [-0.3, -0.25) is 9.59 Å². The largest absolute Gasteiger partial charge is 0.493 e. The molecular weight excluding hydrogens is 620 g/mol. The van der Waals surface area contributed by atoms with Crippen LogP contribution < -0.4 is 14.2 Å². The average molecular weight is 681 g/mol. The van der Waals surface area contributed by atoms with Crippen molar-refractivity contribution < 1.29 is 34.0 Å². The normalized spacial score (nSPS) is 36.4. The molecule has 1 aliphatic heterocycles. The molecule has 1 heterocycles. The summed E-state index contributed by atoms with van der Waals surface area (Å²) in [6.45, 7) is 9.47. The molecule has 2 N–H and O–H groups in total. The Hall–Kier alpha value is -2.78. The third-order valence-electron chi connectivity index (χ3n) is 14.3. The van der Waals surface area contributed by atoms with E-state index in [9.17, 15) is 19.8 Å². The minimum Gasteiger partial charge on any atom is -0.493 e. The maximum absolute atomic E-state index is 13.4. The van der Waals surface area contributed by atoms with Crippen molar-refractivity contribution in [3.63, 3.8) is 0 Å². The van der Waals surface area contributed by atoms with Gasteiger partial charge in [-0.25, -0.2) is 0 Å². The van der Waals surface area contributed by atoms with Crippen LogP contribution in [-0.4, -0.2) is 91.5 Å². The minimum absolute atomic E-state index is 0.0816. The van der Waals surface area contributed by atoms with Gasteiger partial charge < -0.3 is 34.2 Å². The molecule has 1 aromatic rings. The highest BCUT2D eigenvalue weighted by atomic mass is 16.5. The second-order valence-electron chi connectivity index (χ2n) is 16.5. The molecule has 0 aromatic heterocycles. The van der Waals surface area contributed by atoms with Gasteiger partial charge in [0.2, 0.25) is 17.6 Å². The summed E-state index contributed by atoms with van der Waals surface area (Å²) in [5.41, 5.74) is 1.22. The van der Waals surface area contributed by atoms with Gasteiger partial charge in [-0.05, 0) is 128 Å². The molecule has 49 heavy (non-hydrogen) atoms. The first-order chi connectivity index (χ1) is 23.4. The van der Waals surface area contributed by atoms with Crippen LogP contribution in [0.4, 0.5) is 0 Å². The summed E-state index contributed by atoms with van der Waals surface area (Å²) in [5, 5.41) is 22.0. The van der Waals surface area contributed by atoms with Crippen LogP contribution in [0.1, 0.15) is 90.5 Å². The summed E-state index contributed by atoms with van der Waals surface area (Å²) in [5.74, 6) is 4.60. The summed E-state index contributed by atoms with van der Waals surface area (Å²) in [4.78, 5) is 30.1. The number of ether oxygens (including phenoxy) is 3. The first-order valence-corrected chi connectivity index (χ1v) is 18.8. The zero-order valence-electron chi connectivity index (χ0n) is 30.7. The molecule has 9 heteroatoms. The summed E-state index contributed by atoms with van der Waals surface area (Å²) >= 11 is 0. The van der Waals surface area contributed by atoms with Crippen molar-refractivity contribution in [3.05, 3.63) is 23.8 Å². The van der Waals surface area contributed by atoms with E-state index < -0.39 is 0 Å². The molecule has 1 saturated heterocycles. The van der Waals surface area contributed by atoms with Crippen LogP contribution in [0.2, 0.25) is 0 Å². The molecule has 5 aliphatic rings. The predicted molar refractivity (Wildman–Crippen MR) is 189 cm³/mol. The number of methoxy groups -OCH3 is 3. The Morgan fingerprint density at radius 1 is 0.878 bits per heavy atom. The predicted octanol–water partition coefficient (Wildman–Crippen LogP) is 5.80. The van der Waals surface area contributed by atoms with Gasteiger partial charge in [0.25, 0.3) is 0 Å². The molecule has 0 bridgehead atoms. The second kappa shape index (κ2) is 14.5. The molecule has 9 nitrogen and oxygen atoms in total. The van der Waals surface area contributed by atoms with E-state index in [1.54, 1.807) is 50.5 Å². The first kappa shape index (κ1) is 36.0. The highest BCUT2D eigenvalue weighted by Crippen LogP contribution is 2.68. The van der Waals surface area contributed by atoms with Crippen molar-refractivity contribution in [1.29, 1.82) is 0 Å². The van der Waals surface area contributed by atoms with Gasteiger partial charge >= 0.3 is 0 Å². The Labute approximate surface area is 293 Å². The van der Waals surface area contributed by atoms with Gasteiger partial charge in [-0.15, -0.1) is 0 Å². The average Bonchev–Trinajstić information content (AvgIpc) is 3.46. The molecule has 1 aromatic carbocycles. The van der Waals surface area contributed by atoms with Gasteiger partial charge in [-0.2, -0.15) is 0 Å². The van der Waals surface area contributed by atoms with Crippen LogP contribution in [0.5, 0.6) is 17.2 Å². The molecule has 4 aliphatic carbocycles. The number of piperazine rings is 1. The zero-order valence-corrected chi connectivity index (χ0v) is 30.7. The Balaban J connectivity index is 0.995. The fourth-order valence-electron chi connectivity index (χ4n) is 11.5. The summed E-state index contributed by atoms with van der Waals surface area (Å²) in [6.07, 6.45) is 12.7. The van der Waals surface area contributed by atoms with E-state index in [1.807, 2.05) is 4.90 Å². The summed E-state index contributed by atoms with van der Waals surface area (Å²) in [7, 11) is 4.68. The number of hydrogen-bond acceptors (Lipinski definition) is 7. The number of hydrogen-bond donors (Lipinski definition) is 2. The van der Waals surface area contributed by atoms with Crippen LogP contribution in [0.25, 0.3) is 6.08 Å². The lowest BCUT2D eigenvalue weighted by atomic mass is 9.43. The number of aliphatic hydroxyl groups excluding tert-OH is 2. The molecule has 2 amide bonds. The quantitative estimate of drug-likeness (QED) is 0.318. The Bertz CT molecular complexity index is 1370. The van der Waals surface area contributed by atoms with E-state index in [-0.39, 0.29) is 34.9 Å². The van der Waals surface area contributed by atoms with E-state index in [0.29, 0.717) is 85.4 Å². The molecule has 6 rings (SSSR count). The monoisotopic (exact) mass is 680 g/mol. The van der Waals surface area contributed by atoms with Crippen LogP contribution in [0.3, 0.4) is 0 Å². The van der Waals surface area contributed by atoms with Crippen molar-refractivity contribution in [2.24, 2.45) is 46.3 Å². The van der Waals surface area contributed by atoms with Gasteiger partial charge in [0.05, 0.1) is 33.5 Å².